The number of hydrogen-bond acceptors (Lipinski definition) is 6. The standard InChI is InChI=1S/C22H27N3O5S/c1-16(30-22(27)19-8-4-5-9-20(19)24-31(2,28)29)21(26)23-17-10-12-18(13-11-17)25-14-6-3-7-15-25/h4-5,8-13,16,24H,3,6-7,14-15H2,1-2H3,(H,23,26)/t16-/m0/s1. The minimum absolute atomic E-state index is 0.0264. The third kappa shape index (κ3) is 6.45. The monoisotopic (exact) mass is 445 g/mol. The van der Waals surface area contributed by atoms with Crippen LogP contribution in [-0.2, 0) is 19.6 Å². The summed E-state index contributed by atoms with van der Waals surface area (Å²) in [5.41, 5.74) is 1.84. The molecule has 0 aliphatic carbocycles. The van der Waals surface area contributed by atoms with Gasteiger partial charge >= 0.3 is 5.97 Å². The Morgan fingerprint density at radius 1 is 1.00 bits per heavy atom. The molecule has 1 fully saturated rings. The van der Waals surface area contributed by atoms with Crippen molar-refractivity contribution in [3.05, 3.63) is 54.1 Å². The van der Waals surface area contributed by atoms with Crippen molar-refractivity contribution in [3.63, 3.8) is 0 Å². The van der Waals surface area contributed by atoms with Crippen LogP contribution in [0.3, 0.4) is 0 Å². The van der Waals surface area contributed by atoms with Gasteiger partial charge < -0.3 is 15.0 Å². The summed E-state index contributed by atoms with van der Waals surface area (Å²) in [4.78, 5) is 27.3. The lowest BCUT2D eigenvalue weighted by molar-refractivity contribution is -0.123. The Bertz CT molecular complexity index is 1030. The number of rotatable bonds is 7. The number of hydrogen-bond donors (Lipinski definition) is 2. The average Bonchev–Trinajstić information content (AvgIpc) is 2.74. The van der Waals surface area contributed by atoms with Crippen molar-refractivity contribution < 1.29 is 22.7 Å². The molecule has 0 radical (unpaired) electrons. The van der Waals surface area contributed by atoms with Crippen molar-refractivity contribution in [2.75, 3.05) is 34.3 Å². The van der Waals surface area contributed by atoms with Gasteiger partial charge in [-0.25, -0.2) is 13.2 Å². The van der Waals surface area contributed by atoms with Crippen LogP contribution in [0.25, 0.3) is 0 Å². The number of benzene rings is 2. The van der Waals surface area contributed by atoms with Gasteiger partial charge in [0.05, 0.1) is 17.5 Å². The van der Waals surface area contributed by atoms with Crippen LogP contribution in [0.5, 0.6) is 0 Å². The SMILES string of the molecule is C[C@H](OC(=O)c1ccccc1NS(C)(=O)=O)C(=O)Nc1ccc(N2CCCCC2)cc1. The summed E-state index contributed by atoms with van der Waals surface area (Å²) < 4.78 is 30.5. The second kappa shape index (κ2) is 9.82. The van der Waals surface area contributed by atoms with E-state index in [9.17, 15) is 18.0 Å². The van der Waals surface area contributed by atoms with E-state index in [0.717, 1.165) is 25.0 Å². The molecule has 1 aliphatic heterocycles. The summed E-state index contributed by atoms with van der Waals surface area (Å²) in [6.07, 6.45) is 3.55. The van der Waals surface area contributed by atoms with Gasteiger partial charge in [0, 0.05) is 24.5 Å². The zero-order chi connectivity index (χ0) is 22.4. The zero-order valence-corrected chi connectivity index (χ0v) is 18.4. The molecule has 1 heterocycles. The number of anilines is 3. The Labute approximate surface area is 182 Å². The van der Waals surface area contributed by atoms with Gasteiger partial charge in [-0.15, -0.1) is 0 Å². The Hall–Kier alpha value is -3.07. The van der Waals surface area contributed by atoms with Gasteiger partial charge in [-0.2, -0.15) is 0 Å². The largest absolute Gasteiger partial charge is 0.449 e. The Morgan fingerprint density at radius 2 is 1.65 bits per heavy atom. The third-order valence-corrected chi connectivity index (χ3v) is 5.54. The first-order chi connectivity index (χ1) is 14.7. The fourth-order valence-corrected chi connectivity index (χ4v) is 3.96. The first-order valence-electron chi connectivity index (χ1n) is 10.2. The van der Waals surface area contributed by atoms with E-state index in [-0.39, 0.29) is 11.3 Å². The van der Waals surface area contributed by atoms with E-state index in [1.165, 1.54) is 38.3 Å². The van der Waals surface area contributed by atoms with Crippen molar-refractivity contribution in [1.82, 2.24) is 0 Å². The van der Waals surface area contributed by atoms with Crippen LogP contribution in [0.2, 0.25) is 0 Å². The number of sulfonamides is 1. The second-order valence-corrected chi connectivity index (χ2v) is 9.30. The molecule has 1 aliphatic rings. The van der Waals surface area contributed by atoms with E-state index in [0.29, 0.717) is 5.69 Å². The molecule has 2 N–H and O–H groups in total. The Kier molecular flexibility index (Phi) is 7.17. The number of nitrogens with one attached hydrogen (secondary N) is 2. The fraction of sp³-hybridized carbons (Fsp3) is 0.364. The van der Waals surface area contributed by atoms with Gasteiger partial charge in [-0.1, -0.05) is 12.1 Å². The predicted octanol–water partition coefficient (Wildman–Crippen LogP) is 3.23. The predicted molar refractivity (Wildman–Crippen MR) is 121 cm³/mol. The van der Waals surface area contributed by atoms with Gasteiger partial charge in [-0.3, -0.25) is 9.52 Å². The maximum absolute atomic E-state index is 12.5. The van der Waals surface area contributed by atoms with Crippen LogP contribution in [0.15, 0.2) is 48.5 Å². The highest BCUT2D eigenvalue weighted by atomic mass is 32.2. The lowest BCUT2D eigenvalue weighted by Crippen LogP contribution is -2.30. The first kappa shape index (κ1) is 22.6. The lowest BCUT2D eigenvalue weighted by atomic mass is 10.1. The molecule has 1 saturated heterocycles. The van der Waals surface area contributed by atoms with E-state index < -0.39 is 28.0 Å². The number of para-hydroxylation sites is 1. The smallest absolute Gasteiger partial charge is 0.341 e. The van der Waals surface area contributed by atoms with Crippen molar-refractivity contribution in [2.24, 2.45) is 0 Å². The van der Waals surface area contributed by atoms with Crippen LogP contribution in [0, 0.1) is 0 Å². The summed E-state index contributed by atoms with van der Waals surface area (Å²) in [5, 5.41) is 2.74. The molecule has 0 spiro atoms. The first-order valence-corrected chi connectivity index (χ1v) is 12.1. The van der Waals surface area contributed by atoms with E-state index in [1.807, 2.05) is 24.3 Å². The topological polar surface area (TPSA) is 105 Å². The Morgan fingerprint density at radius 3 is 2.29 bits per heavy atom. The van der Waals surface area contributed by atoms with Crippen LogP contribution in [-0.4, -0.2) is 45.7 Å². The number of piperidine rings is 1. The quantitative estimate of drug-likeness (QED) is 0.634. The molecule has 8 nitrogen and oxygen atoms in total. The maximum atomic E-state index is 12.5. The van der Waals surface area contributed by atoms with E-state index in [1.54, 1.807) is 12.1 Å². The van der Waals surface area contributed by atoms with E-state index >= 15 is 0 Å². The number of nitrogens with zero attached hydrogens (tertiary/aromatic N) is 1. The molecule has 166 valence electrons. The molecule has 2 aromatic carbocycles. The summed E-state index contributed by atoms with van der Waals surface area (Å²) in [7, 11) is -3.57. The highest BCUT2D eigenvalue weighted by Crippen LogP contribution is 2.22. The third-order valence-electron chi connectivity index (χ3n) is 4.95. The normalized spacial score (nSPS) is 15.1. The highest BCUT2D eigenvalue weighted by molar-refractivity contribution is 7.92. The molecule has 2 aromatic rings. The molecule has 1 amide bonds. The Balaban J connectivity index is 1.60. The summed E-state index contributed by atoms with van der Waals surface area (Å²) in [6, 6.07) is 13.6. The minimum Gasteiger partial charge on any atom is -0.449 e. The van der Waals surface area contributed by atoms with Crippen molar-refractivity contribution in [1.29, 1.82) is 0 Å². The van der Waals surface area contributed by atoms with Crippen LogP contribution < -0.4 is 14.9 Å². The maximum Gasteiger partial charge on any atom is 0.341 e. The lowest BCUT2D eigenvalue weighted by Gasteiger charge is -2.28. The average molecular weight is 446 g/mol. The van der Waals surface area contributed by atoms with Crippen molar-refractivity contribution in [2.45, 2.75) is 32.3 Å². The molecule has 0 aromatic heterocycles. The zero-order valence-electron chi connectivity index (χ0n) is 17.6. The number of carbonyl (C=O) groups excluding carboxylic acids is 2. The second-order valence-electron chi connectivity index (χ2n) is 7.55. The van der Waals surface area contributed by atoms with E-state index in [2.05, 4.69) is 14.9 Å². The van der Waals surface area contributed by atoms with Crippen LogP contribution >= 0.6 is 0 Å². The molecule has 9 heteroatoms. The molecule has 3 rings (SSSR count). The number of carbonyl (C=O) groups is 2. The number of ether oxygens (including phenoxy) is 1. The van der Waals surface area contributed by atoms with Gasteiger partial charge in [0.2, 0.25) is 10.0 Å². The minimum atomic E-state index is -3.57. The fourth-order valence-electron chi connectivity index (χ4n) is 3.38. The summed E-state index contributed by atoms with van der Waals surface area (Å²) in [5.74, 6) is -1.28. The highest BCUT2D eigenvalue weighted by Gasteiger charge is 2.22. The summed E-state index contributed by atoms with van der Waals surface area (Å²) >= 11 is 0. The molecule has 0 bridgehead atoms. The van der Waals surface area contributed by atoms with E-state index in [4.69, 9.17) is 4.74 Å². The molecule has 0 unspecified atom stereocenters. The van der Waals surface area contributed by atoms with Crippen LogP contribution in [0.1, 0.15) is 36.5 Å². The summed E-state index contributed by atoms with van der Waals surface area (Å²) in [6.45, 7) is 3.53. The van der Waals surface area contributed by atoms with Crippen molar-refractivity contribution >= 4 is 39.0 Å². The van der Waals surface area contributed by atoms with Gasteiger partial charge in [0.1, 0.15) is 0 Å². The van der Waals surface area contributed by atoms with Crippen molar-refractivity contribution in [3.8, 4) is 0 Å². The molecule has 31 heavy (non-hydrogen) atoms. The number of esters is 1. The van der Waals surface area contributed by atoms with Crippen LogP contribution in [0.4, 0.5) is 17.1 Å². The van der Waals surface area contributed by atoms with Gasteiger partial charge in [0.15, 0.2) is 6.10 Å². The molecular formula is C22H27N3O5S. The molecule has 1 atom stereocenters. The molecule has 0 saturated carbocycles. The number of amides is 1. The van der Waals surface area contributed by atoms with Gasteiger partial charge in [0.25, 0.3) is 5.91 Å². The van der Waals surface area contributed by atoms with Gasteiger partial charge in [-0.05, 0) is 62.6 Å². The molecular weight excluding hydrogens is 418 g/mol.